The number of rotatable bonds is 2. The zero-order chi connectivity index (χ0) is 18.5. The summed E-state index contributed by atoms with van der Waals surface area (Å²) < 4.78 is 51.1. The summed E-state index contributed by atoms with van der Waals surface area (Å²) in [7, 11) is 1.28. The van der Waals surface area contributed by atoms with Crippen molar-refractivity contribution in [2.75, 3.05) is 11.9 Å². The van der Waals surface area contributed by atoms with Gasteiger partial charge in [-0.2, -0.15) is 13.2 Å². The third-order valence-electron chi connectivity index (χ3n) is 3.72. The molecule has 5 nitrogen and oxygen atoms in total. The minimum Gasteiger partial charge on any atom is -0.309 e. The molecule has 2 aromatic rings. The molecule has 1 amide bonds. The van der Waals surface area contributed by atoms with Crippen LogP contribution in [0.2, 0.25) is 0 Å². The monoisotopic (exact) mass is 351 g/mol. The third-order valence-corrected chi connectivity index (χ3v) is 3.72. The third kappa shape index (κ3) is 2.67. The second-order valence-corrected chi connectivity index (χ2v) is 5.28. The van der Waals surface area contributed by atoms with Crippen molar-refractivity contribution >= 4 is 17.4 Å². The van der Waals surface area contributed by atoms with E-state index in [0.717, 1.165) is 11.1 Å². The fraction of sp³-hybridized carbons (Fsp3) is 0.125. The van der Waals surface area contributed by atoms with Crippen molar-refractivity contribution in [3.63, 3.8) is 0 Å². The number of carbonyl (C=O) groups is 2. The maximum Gasteiger partial charge on any atom is 0.451 e. The van der Waals surface area contributed by atoms with E-state index in [0.29, 0.717) is 5.56 Å². The summed E-state index contributed by atoms with van der Waals surface area (Å²) in [6.45, 7) is 2.90. The minimum absolute atomic E-state index is 0.0604. The fourth-order valence-corrected chi connectivity index (χ4v) is 2.48. The summed E-state index contributed by atoms with van der Waals surface area (Å²) in [6.07, 6.45) is -3.84. The van der Waals surface area contributed by atoms with Crippen LogP contribution in [0.5, 0.6) is 0 Å². The lowest BCUT2D eigenvalue weighted by Gasteiger charge is -2.16. The van der Waals surface area contributed by atoms with Gasteiger partial charge < -0.3 is 4.90 Å². The second kappa shape index (κ2) is 5.47. The van der Waals surface area contributed by atoms with Gasteiger partial charge in [-0.25, -0.2) is 14.4 Å². The smallest absolute Gasteiger partial charge is 0.309 e. The van der Waals surface area contributed by atoms with Crippen LogP contribution in [0.1, 0.15) is 21.9 Å². The van der Waals surface area contributed by atoms with Gasteiger partial charge in [0, 0.05) is 30.1 Å². The SMILES string of the molecule is C=C(F)C(=O)N(C)c1ccc2c(c1)C(=O)c1nc(C(F)(F)F)ncc1-2. The van der Waals surface area contributed by atoms with Crippen LogP contribution in [-0.4, -0.2) is 28.7 Å². The van der Waals surface area contributed by atoms with Gasteiger partial charge in [0.15, 0.2) is 5.83 Å². The Labute approximate surface area is 138 Å². The lowest BCUT2D eigenvalue weighted by atomic mass is 10.1. The molecule has 1 aromatic heterocycles. The molecule has 25 heavy (non-hydrogen) atoms. The van der Waals surface area contributed by atoms with Crippen molar-refractivity contribution in [1.29, 1.82) is 0 Å². The number of fused-ring (bicyclic) bond motifs is 3. The van der Waals surface area contributed by atoms with E-state index in [1.807, 2.05) is 0 Å². The molecule has 9 heteroatoms. The van der Waals surface area contributed by atoms with Crippen molar-refractivity contribution in [2.45, 2.75) is 6.18 Å². The number of anilines is 1. The zero-order valence-electron chi connectivity index (χ0n) is 12.7. The molecule has 0 fully saturated rings. The van der Waals surface area contributed by atoms with E-state index < -0.39 is 29.5 Å². The lowest BCUT2D eigenvalue weighted by molar-refractivity contribution is -0.145. The van der Waals surface area contributed by atoms with Gasteiger partial charge in [-0.1, -0.05) is 12.6 Å². The Morgan fingerprint density at radius 1 is 1.20 bits per heavy atom. The van der Waals surface area contributed by atoms with E-state index in [1.165, 1.54) is 25.2 Å². The van der Waals surface area contributed by atoms with Crippen LogP contribution in [0.3, 0.4) is 0 Å². The van der Waals surface area contributed by atoms with Crippen LogP contribution in [0.15, 0.2) is 36.8 Å². The Kier molecular flexibility index (Phi) is 3.66. The normalized spacial score (nSPS) is 12.6. The Morgan fingerprint density at radius 3 is 2.48 bits per heavy atom. The summed E-state index contributed by atoms with van der Waals surface area (Å²) in [5.74, 6) is -4.31. The van der Waals surface area contributed by atoms with Crippen molar-refractivity contribution < 1.29 is 27.2 Å². The molecule has 0 atom stereocenters. The molecule has 3 rings (SSSR count). The summed E-state index contributed by atoms with van der Waals surface area (Å²) in [5, 5.41) is 0. The summed E-state index contributed by atoms with van der Waals surface area (Å²) in [6, 6.07) is 4.16. The molecule has 0 aliphatic heterocycles. The van der Waals surface area contributed by atoms with E-state index in [1.54, 1.807) is 0 Å². The number of likely N-dealkylation sites (N-methyl/N-ethyl adjacent to an activating group) is 1. The molecule has 1 aliphatic rings. The molecule has 0 saturated carbocycles. The number of amides is 1. The van der Waals surface area contributed by atoms with Crippen LogP contribution in [0, 0.1) is 0 Å². The number of carbonyl (C=O) groups excluding carboxylic acids is 2. The number of aromatic nitrogens is 2. The number of ketones is 1. The van der Waals surface area contributed by atoms with E-state index in [4.69, 9.17) is 0 Å². The molecule has 0 saturated heterocycles. The summed E-state index contributed by atoms with van der Waals surface area (Å²) in [4.78, 5) is 31.5. The number of alkyl halides is 3. The van der Waals surface area contributed by atoms with Crippen molar-refractivity contribution in [3.05, 3.63) is 53.9 Å². The largest absolute Gasteiger partial charge is 0.451 e. The number of hydrogen-bond acceptors (Lipinski definition) is 4. The number of nitrogens with zero attached hydrogens (tertiary/aromatic N) is 3. The molecule has 0 bridgehead atoms. The first-order valence-electron chi connectivity index (χ1n) is 6.87. The van der Waals surface area contributed by atoms with E-state index in [2.05, 4.69) is 16.5 Å². The van der Waals surface area contributed by atoms with Gasteiger partial charge in [0.2, 0.25) is 11.6 Å². The molecular weight excluding hydrogens is 342 g/mol. The summed E-state index contributed by atoms with van der Waals surface area (Å²) >= 11 is 0. The van der Waals surface area contributed by atoms with Crippen LogP contribution < -0.4 is 4.90 Å². The Hall–Kier alpha value is -3.10. The van der Waals surface area contributed by atoms with Gasteiger partial charge in [-0.05, 0) is 17.7 Å². The van der Waals surface area contributed by atoms with E-state index in [9.17, 15) is 27.2 Å². The molecular formula is C16H9F4N3O2. The topological polar surface area (TPSA) is 63.2 Å². The van der Waals surface area contributed by atoms with Gasteiger partial charge in [0.05, 0.1) is 0 Å². The Bertz CT molecular complexity index is 937. The molecule has 1 aromatic carbocycles. The first-order chi connectivity index (χ1) is 11.6. The number of hydrogen-bond donors (Lipinski definition) is 0. The Balaban J connectivity index is 2.06. The highest BCUT2D eigenvalue weighted by Crippen LogP contribution is 2.38. The van der Waals surface area contributed by atoms with Gasteiger partial charge in [-0.15, -0.1) is 0 Å². The van der Waals surface area contributed by atoms with E-state index in [-0.39, 0.29) is 22.5 Å². The highest BCUT2D eigenvalue weighted by molar-refractivity contribution is 6.21. The first kappa shape index (κ1) is 16.7. The number of benzene rings is 1. The molecule has 0 radical (unpaired) electrons. The summed E-state index contributed by atoms with van der Waals surface area (Å²) in [5.41, 5.74) is 0.400. The van der Waals surface area contributed by atoms with Crippen LogP contribution in [0.25, 0.3) is 11.1 Å². The van der Waals surface area contributed by atoms with Crippen molar-refractivity contribution in [2.24, 2.45) is 0 Å². The maximum absolute atomic E-state index is 13.0. The van der Waals surface area contributed by atoms with Gasteiger partial charge in [0.1, 0.15) is 5.69 Å². The molecule has 1 heterocycles. The van der Waals surface area contributed by atoms with Crippen LogP contribution in [-0.2, 0) is 11.0 Å². The standard InChI is InChI=1S/C16H9F4N3O2/c1-7(17)14(25)23(2)8-3-4-9-10(5-8)13(24)12-11(9)6-21-15(22-12)16(18,19)20/h3-6H,1H2,2H3. The van der Waals surface area contributed by atoms with Gasteiger partial charge in [-0.3, -0.25) is 9.59 Å². The molecule has 1 aliphatic carbocycles. The fourth-order valence-electron chi connectivity index (χ4n) is 2.48. The van der Waals surface area contributed by atoms with Gasteiger partial charge >= 0.3 is 6.18 Å². The Morgan fingerprint density at radius 2 is 1.88 bits per heavy atom. The average Bonchev–Trinajstić information content (AvgIpc) is 2.84. The average molecular weight is 351 g/mol. The lowest BCUT2D eigenvalue weighted by Crippen LogP contribution is -2.26. The predicted molar refractivity (Wildman–Crippen MR) is 79.6 cm³/mol. The molecule has 0 unspecified atom stereocenters. The van der Waals surface area contributed by atoms with Crippen molar-refractivity contribution in [1.82, 2.24) is 9.97 Å². The predicted octanol–water partition coefficient (Wildman–Crippen LogP) is 3.15. The highest BCUT2D eigenvalue weighted by Gasteiger charge is 2.38. The minimum atomic E-state index is -4.77. The highest BCUT2D eigenvalue weighted by atomic mass is 19.4. The van der Waals surface area contributed by atoms with Crippen LogP contribution >= 0.6 is 0 Å². The van der Waals surface area contributed by atoms with Crippen LogP contribution in [0.4, 0.5) is 23.2 Å². The van der Waals surface area contributed by atoms with Gasteiger partial charge in [0.25, 0.3) is 5.91 Å². The molecule has 128 valence electrons. The molecule has 0 spiro atoms. The quantitative estimate of drug-likeness (QED) is 0.526. The molecule has 0 N–H and O–H groups in total. The van der Waals surface area contributed by atoms with Crippen molar-refractivity contribution in [3.8, 4) is 11.1 Å². The maximum atomic E-state index is 13.0. The van der Waals surface area contributed by atoms with E-state index >= 15 is 0 Å². The number of halogens is 4. The zero-order valence-corrected chi connectivity index (χ0v) is 12.7. The second-order valence-electron chi connectivity index (χ2n) is 5.28. The first-order valence-corrected chi connectivity index (χ1v) is 6.87.